The number of benzene rings is 1. The molecule has 3 aliphatic rings. The summed E-state index contributed by atoms with van der Waals surface area (Å²) in [5, 5.41) is 3.35. The van der Waals surface area contributed by atoms with E-state index in [4.69, 9.17) is 0 Å². The Balaban J connectivity index is 1.16. The summed E-state index contributed by atoms with van der Waals surface area (Å²) in [6.45, 7) is 4.70. The zero-order valence-corrected chi connectivity index (χ0v) is 16.3. The van der Waals surface area contributed by atoms with E-state index in [1.54, 1.807) is 23.9 Å². The number of hydrogen-bond acceptors (Lipinski definition) is 5. The molecule has 154 valence electrons. The summed E-state index contributed by atoms with van der Waals surface area (Å²) in [6, 6.07) is 6.07. The molecule has 2 atom stereocenters. The van der Waals surface area contributed by atoms with E-state index in [0.29, 0.717) is 30.8 Å². The molecule has 0 bridgehead atoms. The van der Waals surface area contributed by atoms with Gasteiger partial charge in [0.2, 0.25) is 5.91 Å². The molecule has 1 amide bonds. The third kappa shape index (κ3) is 4.93. The zero-order valence-electron chi connectivity index (χ0n) is 15.5. The number of likely N-dealkylation sites (tertiary alicyclic amines) is 1. The van der Waals surface area contributed by atoms with Crippen LogP contribution in [0.2, 0.25) is 0 Å². The smallest absolute Gasteiger partial charge is 0.406 e. The van der Waals surface area contributed by atoms with Crippen LogP contribution in [-0.4, -0.2) is 66.4 Å². The summed E-state index contributed by atoms with van der Waals surface area (Å²) in [6.07, 6.45) is -4.67. The molecule has 1 aromatic rings. The highest BCUT2D eigenvalue weighted by molar-refractivity contribution is 7.99. The maximum absolute atomic E-state index is 12.3. The Bertz CT molecular complexity index is 700. The van der Waals surface area contributed by atoms with Crippen molar-refractivity contribution < 1.29 is 22.7 Å². The van der Waals surface area contributed by atoms with Crippen molar-refractivity contribution in [2.45, 2.75) is 12.9 Å². The number of amides is 1. The van der Waals surface area contributed by atoms with Crippen molar-refractivity contribution >= 4 is 17.7 Å². The van der Waals surface area contributed by atoms with Gasteiger partial charge >= 0.3 is 6.36 Å². The molecule has 1 saturated carbocycles. The molecule has 0 spiro atoms. The van der Waals surface area contributed by atoms with Crippen molar-refractivity contribution in [3.63, 3.8) is 0 Å². The number of halogens is 3. The van der Waals surface area contributed by atoms with Gasteiger partial charge in [-0.2, -0.15) is 0 Å². The molecule has 1 aromatic carbocycles. The first-order valence-corrected chi connectivity index (χ1v) is 10.7. The zero-order chi connectivity index (χ0) is 19.7. The Morgan fingerprint density at radius 1 is 1.29 bits per heavy atom. The van der Waals surface area contributed by atoms with Gasteiger partial charge in [0, 0.05) is 31.9 Å². The number of alkyl halides is 3. The van der Waals surface area contributed by atoms with E-state index in [9.17, 15) is 18.0 Å². The van der Waals surface area contributed by atoms with Crippen molar-refractivity contribution in [3.8, 4) is 5.75 Å². The minimum atomic E-state index is -4.67. The molecular weight excluding hydrogens is 391 g/mol. The number of ether oxygens (including phenoxy) is 1. The Morgan fingerprint density at radius 3 is 2.75 bits per heavy atom. The number of thioether (sulfide) groups is 1. The molecule has 4 rings (SSSR count). The minimum absolute atomic E-state index is 0.188. The van der Waals surface area contributed by atoms with E-state index in [1.165, 1.54) is 12.1 Å². The molecule has 9 heteroatoms. The summed E-state index contributed by atoms with van der Waals surface area (Å²) in [5.74, 6) is 3.77. The van der Waals surface area contributed by atoms with E-state index in [-0.39, 0.29) is 11.7 Å². The van der Waals surface area contributed by atoms with E-state index in [1.807, 2.05) is 4.90 Å². The standard InChI is InChI=1S/C19H24F3N3O2S/c20-19(21,22)27-14-3-1-2-13(6-14)7-23-8-15-16-9-24(10-17(15)16)11-18(26)25-4-5-28-12-25/h1-3,6,15-17,23H,4-5,7-12H2. The van der Waals surface area contributed by atoms with Gasteiger partial charge < -0.3 is 15.0 Å². The van der Waals surface area contributed by atoms with Crippen molar-refractivity contribution in [1.29, 1.82) is 0 Å². The number of nitrogens with one attached hydrogen (secondary N) is 1. The number of fused-ring (bicyclic) bond motifs is 1. The summed E-state index contributed by atoms with van der Waals surface area (Å²) in [4.78, 5) is 16.4. The van der Waals surface area contributed by atoms with Gasteiger partial charge in [-0.3, -0.25) is 9.69 Å². The lowest BCUT2D eigenvalue weighted by molar-refractivity contribution is -0.274. The van der Waals surface area contributed by atoms with Gasteiger partial charge in [0.1, 0.15) is 5.75 Å². The number of nitrogens with zero attached hydrogens (tertiary/aromatic N) is 2. The highest BCUT2D eigenvalue weighted by atomic mass is 32.2. The number of carbonyl (C=O) groups excluding carboxylic acids is 1. The van der Waals surface area contributed by atoms with E-state index < -0.39 is 6.36 Å². The van der Waals surface area contributed by atoms with Crippen molar-refractivity contribution in [2.24, 2.45) is 17.8 Å². The Kier molecular flexibility index (Phi) is 5.76. The van der Waals surface area contributed by atoms with Gasteiger partial charge in [-0.25, -0.2) is 0 Å². The summed E-state index contributed by atoms with van der Waals surface area (Å²) in [5.41, 5.74) is 0.767. The van der Waals surface area contributed by atoms with Crippen LogP contribution in [0.25, 0.3) is 0 Å². The monoisotopic (exact) mass is 415 g/mol. The minimum Gasteiger partial charge on any atom is -0.406 e. The second-order valence-electron chi connectivity index (χ2n) is 7.71. The first kappa shape index (κ1) is 19.8. The number of piperidine rings is 1. The lowest BCUT2D eigenvalue weighted by atomic mass is 10.2. The fourth-order valence-corrected chi connectivity index (χ4v) is 5.28. The lowest BCUT2D eigenvalue weighted by Crippen LogP contribution is -2.39. The first-order chi connectivity index (χ1) is 13.4. The predicted octanol–water partition coefficient (Wildman–Crippen LogP) is 2.39. The maximum atomic E-state index is 12.3. The van der Waals surface area contributed by atoms with Crippen LogP contribution in [0.4, 0.5) is 13.2 Å². The van der Waals surface area contributed by atoms with Gasteiger partial charge in [-0.05, 0) is 42.0 Å². The van der Waals surface area contributed by atoms with Gasteiger partial charge in [0.25, 0.3) is 0 Å². The molecule has 28 heavy (non-hydrogen) atoms. The van der Waals surface area contributed by atoms with Crippen LogP contribution in [-0.2, 0) is 11.3 Å². The molecule has 1 N–H and O–H groups in total. The first-order valence-electron chi connectivity index (χ1n) is 9.52. The Hall–Kier alpha value is -1.45. The number of rotatable bonds is 7. The van der Waals surface area contributed by atoms with Crippen LogP contribution in [0.1, 0.15) is 5.56 Å². The van der Waals surface area contributed by atoms with Gasteiger partial charge in [0.05, 0.1) is 12.4 Å². The lowest BCUT2D eigenvalue weighted by Gasteiger charge is -2.22. The van der Waals surface area contributed by atoms with E-state index in [2.05, 4.69) is 15.0 Å². The summed E-state index contributed by atoms with van der Waals surface area (Å²) >= 11 is 1.80. The molecule has 3 fully saturated rings. The van der Waals surface area contributed by atoms with Crippen molar-refractivity contribution in [3.05, 3.63) is 29.8 Å². The molecule has 5 nitrogen and oxygen atoms in total. The van der Waals surface area contributed by atoms with Crippen LogP contribution < -0.4 is 10.1 Å². The van der Waals surface area contributed by atoms with Crippen LogP contribution in [0.15, 0.2) is 24.3 Å². The molecule has 0 radical (unpaired) electrons. The number of carbonyl (C=O) groups is 1. The van der Waals surface area contributed by atoms with E-state index >= 15 is 0 Å². The molecule has 1 aliphatic carbocycles. The van der Waals surface area contributed by atoms with E-state index in [0.717, 1.165) is 43.4 Å². The number of hydrogen-bond donors (Lipinski definition) is 1. The highest BCUT2D eigenvalue weighted by Crippen LogP contribution is 2.51. The van der Waals surface area contributed by atoms with Crippen molar-refractivity contribution in [2.75, 3.05) is 44.4 Å². The fourth-order valence-electron chi connectivity index (χ4n) is 4.31. The topological polar surface area (TPSA) is 44.8 Å². The van der Waals surface area contributed by atoms with Gasteiger partial charge in [-0.15, -0.1) is 24.9 Å². The average molecular weight is 415 g/mol. The molecule has 2 aliphatic heterocycles. The van der Waals surface area contributed by atoms with Crippen LogP contribution in [0, 0.1) is 17.8 Å². The van der Waals surface area contributed by atoms with Gasteiger partial charge in [-0.1, -0.05) is 12.1 Å². The third-order valence-corrected chi connectivity index (χ3v) is 6.72. The molecular formula is C19H24F3N3O2S. The predicted molar refractivity (Wildman–Crippen MR) is 101 cm³/mol. The second kappa shape index (κ2) is 8.12. The van der Waals surface area contributed by atoms with Gasteiger partial charge in [0.15, 0.2) is 0 Å². The Morgan fingerprint density at radius 2 is 2.07 bits per heavy atom. The average Bonchev–Trinajstić information content (AvgIpc) is 3.03. The van der Waals surface area contributed by atoms with Crippen LogP contribution in [0.5, 0.6) is 5.75 Å². The van der Waals surface area contributed by atoms with Crippen LogP contribution in [0.3, 0.4) is 0 Å². The molecule has 2 saturated heterocycles. The molecule has 2 unspecified atom stereocenters. The largest absolute Gasteiger partial charge is 0.573 e. The maximum Gasteiger partial charge on any atom is 0.573 e. The second-order valence-corrected chi connectivity index (χ2v) is 8.78. The van der Waals surface area contributed by atoms with Crippen LogP contribution >= 0.6 is 11.8 Å². The Labute approximate surface area is 166 Å². The quantitative estimate of drug-likeness (QED) is 0.741. The normalized spacial score (nSPS) is 27.1. The highest BCUT2D eigenvalue weighted by Gasteiger charge is 2.55. The molecule has 0 aromatic heterocycles. The fraction of sp³-hybridized carbons (Fsp3) is 0.632. The molecule has 2 heterocycles. The third-order valence-electron chi connectivity index (χ3n) is 5.75. The van der Waals surface area contributed by atoms with Crippen molar-refractivity contribution in [1.82, 2.24) is 15.1 Å². The SMILES string of the molecule is O=C(CN1CC2C(CNCc3cccc(OC(F)(F)F)c3)C2C1)N1CCSC1. The summed E-state index contributed by atoms with van der Waals surface area (Å²) in [7, 11) is 0. The summed E-state index contributed by atoms with van der Waals surface area (Å²) < 4.78 is 40.9.